The topological polar surface area (TPSA) is 29.0 Å². The molecule has 0 saturated heterocycles. The molecule has 3 nitrogen and oxygen atoms in total. The van der Waals surface area contributed by atoms with Crippen molar-refractivity contribution in [2.75, 3.05) is 16.8 Å². The lowest BCUT2D eigenvalue weighted by Gasteiger charge is -2.27. The average molecular weight is 286 g/mol. The normalized spacial score (nSPS) is 10.9. The molecule has 1 aromatic rings. The maximum absolute atomic E-state index is 4.52. The Kier molecular flexibility index (Phi) is 5.19. The summed E-state index contributed by atoms with van der Waals surface area (Å²) in [6, 6.07) is 2.55. The van der Waals surface area contributed by atoms with Gasteiger partial charge in [0.25, 0.3) is 0 Å². The Balaban J connectivity index is 3.03. The Labute approximate surface area is 106 Å². The van der Waals surface area contributed by atoms with E-state index in [-0.39, 0.29) is 0 Å². The van der Waals surface area contributed by atoms with E-state index in [1.165, 1.54) is 0 Å². The molecule has 0 saturated carbocycles. The molecule has 0 spiro atoms. The van der Waals surface area contributed by atoms with Crippen molar-refractivity contribution in [2.24, 2.45) is 0 Å². The van der Waals surface area contributed by atoms with Gasteiger partial charge in [-0.25, -0.2) is 9.97 Å². The third-order valence-electron chi connectivity index (χ3n) is 2.48. The largest absolute Gasteiger partial charge is 0.353 e. The van der Waals surface area contributed by atoms with Gasteiger partial charge in [-0.05, 0) is 27.2 Å². The third-order valence-corrected chi connectivity index (χ3v) is 2.84. The predicted molar refractivity (Wildman–Crippen MR) is 72.4 cm³/mol. The van der Waals surface area contributed by atoms with Gasteiger partial charge in [0.2, 0.25) is 0 Å². The lowest BCUT2D eigenvalue weighted by molar-refractivity contribution is 0.692. The van der Waals surface area contributed by atoms with Gasteiger partial charge in [0, 0.05) is 29.7 Å². The van der Waals surface area contributed by atoms with E-state index >= 15 is 0 Å². The van der Waals surface area contributed by atoms with Gasteiger partial charge >= 0.3 is 0 Å². The summed E-state index contributed by atoms with van der Waals surface area (Å²) in [4.78, 5) is 11.2. The molecule has 0 aliphatic heterocycles. The van der Waals surface area contributed by atoms with Crippen molar-refractivity contribution in [3.05, 3.63) is 17.6 Å². The van der Waals surface area contributed by atoms with Crippen LogP contribution in [0.1, 0.15) is 32.3 Å². The highest BCUT2D eigenvalue weighted by atomic mass is 79.9. The molecular weight excluding hydrogens is 266 g/mol. The number of aromatic nitrogens is 2. The first-order valence-electron chi connectivity index (χ1n) is 5.75. The van der Waals surface area contributed by atoms with Crippen LogP contribution >= 0.6 is 15.9 Å². The summed E-state index contributed by atoms with van der Waals surface area (Å²) in [6.07, 6.45) is 0.955. The first kappa shape index (κ1) is 13.4. The number of anilines is 1. The molecule has 0 unspecified atom stereocenters. The van der Waals surface area contributed by atoms with Crippen molar-refractivity contribution in [1.29, 1.82) is 0 Å². The fraction of sp³-hybridized carbons (Fsp3) is 0.667. The molecule has 1 heterocycles. The van der Waals surface area contributed by atoms with E-state index in [0.717, 1.165) is 35.6 Å². The van der Waals surface area contributed by atoms with E-state index < -0.39 is 0 Å². The molecule has 1 aromatic heterocycles. The Hall–Kier alpha value is -0.640. The van der Waals surface area contributed by atoms with Crippen molar-refractivity contribution in [3.8, 4) is 0 Å². The number of rotatable bonds is 5. The monoisotopic (exact) mass is 285 g/mol. The van der Waals surface area contributed by atoms with Gasteiger partial charge < -0.3 is 4.90 Å². The van der Waals surface area contributed by atoms with Crippen molar-refractivity contribution in [2.45, 2.75) is 40.2 Å². The second-order valence-electron chi connectivity index (χ2n) is 4.09. The summed E-state index contributed by atoms with van der Waals surface area (Å²) in [7, 11) is 0. The van der Waals surface area contributed by atoms with Crippen molar-refractivity contribution >= 4 is 21.7 Å². The molecule has 0 bridgehead atoms. The van der Waals surface area contributed by atoms with Gasteiger partial charge in [0.15, 0.2) is 0 Å². The fourth-order valence-corrected chi connectivity index (χ4v) is 2.05. The Morgan fingerprint density at radius 2 is 2.06 bits per heavy atom. The number of hydrogen-bond acceptors (Lipinski definition) is 3. The smallest absolute Gasteiger partial charge is 0.132 e. The molecule has 0 fully saturated rings. The lowest BCUT2D eigenvalue weighted by atomic mass is 10.2. The van der Waals surface area contributed by atoms with Crippen molar-refractivity contribution in [3.63, 3.8) is 0 Å². The van der Waals surface area contributed by atoms with Crippen LogP contribution in [0.25, 0.3) is 0 Å². The molecule has 16 heavy (non-hydrogen) atoms. The van der Waals surface area contributed by atoms with Crippen LogP contribution in [0.2, 0.25) is 0 Å². The highest BCUT2D eigenvalue weighted by Crippen LogP contribution is 2.16. The van der Waals surface area contributed by atoms with Gasteiger partial charge in [-0.2, -0.15) is 0 Å². The van der Waals surface area contributed by atoms with Gasteiger partial charge in [-0.1, -0.05) is 22.9 Å². The Morgan fingerprint density at radius 3 is 2.56 bits per heavy atom. The van der Waals surface area contributed by atoms with Crippen LogP contribution in [0.15, 0.2) is 6.07 Å². The molecular formula is C12H20BrN3. The Bertz CT molecular complexity index is 339. The second-order valence-corrected chi connectivity index (χ2v) is 4.89. The number of halogens is 1. The average Bonchev–Trinajstić information content (AvgIpc) is 2.24. The van der Waals surface area contributed by atoms with Gasteiger partial charge in [-0.15, -0.1) is 0 Å². The van der Waals surface area contributed by atoms with E-state index in [9.17, 15) is 0 Å². The van der Waals surface area contributed by atoms with Crippen LogP contribution in [-0.2, 0) is 6.42 Å². The summed E-state index contributed by atoms with van der Waals surface area (Å²) < 4.78 is 0. The summed E-state index contributed by atoms with van der Waals surface area (Å²) >= 11 is 3.48. The highest BCUT2D eigenvalue weighted by molar-refractivity contribution is 9.09. The second kappa shape index (κ2) is 6.18. The zero-order valence-electron chi connectivity index (χ0n) is 10.5. The van der Waals surface area contributed by atoms with Crippen LogP contribution in [0.4, 0.5) is 5.82 Å². The first-order valence-corrected chi connectivity index (χ1v) is 6.87. The van der Waals surface area contributed by atoms with Gasteiger partial charge in [-0.3, -0.25) is 0 Å². The van der Waals surface area contributed by atoms with Crippen molar-refractivity contribution in [1.82, 2.24) is 9.97 Å². The van der Waals surface area contributed by atoms with E-state index in [0.29, 0.717) is 6.04 Å². The molecule has 4 heteroatoms. The number of aryl methyl sites for hydroxylation is 2. The minimum absolute atomic E-state index is 0.455. The van der Waals surface area contributed by atoms with Gasteiger partial charge in [0.05, 0.1) is 0 Å². The zero-order valence-corrected chi connectivity index (χ0v) is 12.1. The number of hydrogen-bond donors (Lipinski definition) is 0. The molecule has 0 N–H and O–H groups in total. The minimum atomic E-state index is 0.455. The van der Waals surface area contributed by atoms with E-state index in [1.807, 2.05) is 6.92 Å². The molecule has 0 atom stereocenters. The van der Waals surface area contributed by atoms with Gasteiger partial charge in [0.1, 0.15) is 11.6 Å². The maximum atomic E-state index is 4.52. The van der Waals surface area contributed by atoms with E-state index in [2.05, 4.69) is 57.6 Å². The summed E-state index contributed by atoms with van der Waals surface area (Å²) in [5, 5.41) is 0.954. The SMILES string of the molecule is CCc1cc(N(CCBr)C(C)C)nc(C)n1. The van der Waals surface area contributed by atoms with Crippen LogP contribution in [0.5, 0.6) is 0 Å². The fourth-order valence-electron chi connectivity index (χ4n) is 1.67. The Morgan fingerprint density at radius 1 is 1.38 bits per heavy atom. The van der Waals surface area contributed by atoms with Crippen LogP contribution in [0, 0.1) is 6.92 Å². The summed E-state index contributed by atoms with van der Waals surface area (Å²) in [5.74, 6) is 1.90. The quantitative estimate of drug-likeness (QED) is 0.779. The standard InChI is InChI=1S/C12H20BrN3/c1-5-11-8-12(15-10(4)14-11)16(7-6-13)9(2)3/h8-9H,5-7H2,1-4H3. The lowest BCUT2D eigenvalue weighted by Crippen LogP contribution is -2.33. The molecule has 0 amide bonds. The zero-order chi connectivity index (χ0) is 12.1. The molecule has 90 valence electrons. The summed E-state index contributed by atoms with van der Waals surface area (Å²) in [6.45, 7) is 9.42. The summed E-state index contributed by atoms with van der Waals surface area (Å²) in [5.41, 5.74) is 1.11. The van der Waals surface area contributed by atoms with Crippen molar-refractivity contribution < 1.29 is 0 Å². The maximum Gasteiger partial charge on any atom is 0.132 e. The molecule has 0 radical (unpaired) electrons. The third kappa shape index (κ3) is 3.44. The van der Waals surface area contributed by atoms with Crippen LogP contribution in [0.3, 0.4) is 0 Å². The first-order chi connectivity index (χ1) is 7.58. The number of alkyl halides is 1. The molecule has 0 aliphatic carbocycles. The predicted octanol–water partition coefficient (Wildman–Crippen LogP) is 2.96. The minimum Gasteiger partial charge on any atom is -0.353 e. The van der Waals surface area contributed by atoms with E-state index in [4.69, 9.17) is 0 Å². The molecule has 0 aliphatic rings. The van der Waals surface area contributed by atoms with Crippen LogP contribution in [-0.4, -0.2) is 27.9 Å². The molecule has 0 aromatic carbocycles. The number of nitrogens with zero attached hydrogens (tertiary/aromatic N) is 3. The highest BCUT2D eigenvalue weighted by Gasteiger charge is 2.12. The molecule has 1 rings (SSSR count). The van der Waals surface area contributed by atoms with Crippen LogP contribution < -0.4 is 4.90 Å². The van der Waals surface area contributed by atoms with E-state index in [1.54, 1.807) is 0 Å².